The molecule has 0 aliphatic carbocycles. The number of nitrogens with zero attached hydrogens (tertiary/aromatic N) is 2. The van der Waals surface area contributed by atoms with E-state index in [-0.39, 0.29) is 29.1 Å². The fourth-order valence-corrected chi connectivity index (χ4v) is 5.01. The highest BCUT2D eigenvalue weighted by molar-refractivity contribution is 8.18. The van der Waals surface area contributed by atoms with Crippen LogP contribution in [-0.4, -0.2) is 79.1 Å². The lowest BCUT2D eigenvalue weighted by molar-refractivity contribution is -0.126. The van der Waals surface area contributed by atoms with Crippen molar-refractivity contribution in [3.05, 3.63) is 58.0 Å². The minimum atomic E-state index is -1.07. The lowest BCUT2D eigenvalue weighted by Gasteiger charge is -2.22. The van der Waals surface area contributed by atoms with Crippen LogP contribution in [-0.2, 0) is 9.59 Å². The van der Waals surface area contributed by atoms with E-state index in [0.29, 0.717) is 22.8 Å². The molecule has 0 unspecified atom stereocenters. The summed E-state index contributed by atoms with van der Waals surface area (Å²) in [5.41, 5.74) is 1.05. The van der Waals surface area contributed by atoms with Gasteiger partial charge in [0.05, 0.1) is 37.4 Å². The first-order chi connectivity index (χ1) is 18.2. The Hall–Kier alpha value is -4.32. The van der Waals surface area contributed by atoms with Gasteiger partial charge in [0.2, 0.25) is 11.7 Å². The molecule has 11 nitrogen and oxygen atoms in total. The van der Waals surface area contributed by atoms with E-state index < -0.39 is 34.9 Å². The Kier molecular flexibility index (Phi) is 7.72. The summed E-state index contributed by atoms with van der Waals surface area (Å²) in [4.78, 5) is 65.5. The quantitative estimate of drug-likeness (QED) is 0.377. The highest BCUT2D eigenvalue weighted by Gasteiger charge is 2.41. The van der Waals surface area contributed by atoms with Crippen LogP contribution in [0, 0.1) is 0 Å². The molecule has 198 valence electrons. The van der Waals surface area contributed by atoms with Crippen LogP contribution in [0.1, 0.15) is 33.2 Å². The zero-order valence-corrected chi connectivity index (χ0v) is 21.9. The lowest BCUT2D eigenvalue weighted by Crippen LogP contribution is -2.49. The van der Waals surface area contributed by atoms with Crippen molar-refractivity contribution in [2.24, 2.45) is 0 Å². The van der Waals surface area contributed by atoms with Gasteiger partial charge in [-0.2, -0.15) is 0 Å². The Morgan fingerprint density at radius 3 is 2.05 bits per heavy atom. The van der Waals surface area contributed by atoms with Gasteiger partial charge in [0.15, 0.2) is 11.5 Å². The second kappa shape index (κ2) is 11.0. The predicted octanol–water partition coefficient (Wildman–Crippen LogP) is 2.55. The molecule has 0 radical (unpaired) electrons. The maximum absolute atomic E-state index is 12.9. The molecular formula is C26H25N3O8S. The van der Waals surface area contributed by atoms with Gasteiger partial charge < -0.3 is 19.5 Å². The van der Waals surface area contributed by atoms with Crippen LogP contribution in [0.5, 0.6) is 17.2 Å². The van der Waals surface area contributed by atoms with E-state index in [1.165, 1.54) is 46.5 Å². The number of carbonyl (C=O) groups excluding carboxylic acids is 5. The van der Waals surface area contributed by atoms with Crippen LogP contribution in [0.25, 0.3) is 6.08 Å². The Morgan fingerprint density at radius 2 is 1.53 bits per heavy atom. The van der Waals surface area contributed by atoms with Gasteiger partial charge in [-0.25, -0.2) is 0 Å². The van der Waals surface area contributed by atoms with Crippen molar-refractivity contribution >= 4 is 46.7 Å². The highest BCUT2D eigenvalue weighted by Crippen LogP contribution is 2.40. The minimum absolute atomic E-state index is 0.0537. The molecule has 2 aliphatic rings. The zero-order valence-electron chi connectivity index (χ0n) is 21.1. The molecule has 2 aromatic carbocycles. The number of nitrogens with one attached hydrogen (secondary N) is 1. The molecule has 1 saturated heterocycles. The molecule has 12 heteroatoms. The van der Waals surface area contributed by atoms with Crippen molar-refractivity contribution < 1.29 is 38.2 Å². The van der Waals surface area contributed by atoms with Crippen molar-refractivity contribution in [1.29, 1.82) is 0 Å². The molecule has 5 amide bonds. The van der Waals surface area contributed by atoms with Gasteiger partial charge in [-0.15, -0.1) is 0 Å². The summed E-state index contributed by atoms with van der Waals surface area (Å²) in [7, 11) is 4.42. The van der Waals surface area contributed by atoms with Gasteiger partial charge in [0.1, 0.15) is 6.04 Å². The summed E-state index contributed by atoms with van der Waals surface area (Å²) < 4.78 is 16.0. The van der Waals surface area contributed by atoms with E-state index in [0.717, 1.165) is 21.6 Å². The van der Waals surface area contributed by atoms with Crippen molar-refractivity contribution in [2.75, 3.05) is 34.4 Å². The summed E-state index contributed by atoms with van der Waals surface area (Å²) in [6.45, 7) is 1.30. The number of imide groups is 2. The molecule has 0 bridgehead atoms. The van der Waals surface area contributed by atoms with Crippen LogP contribution in [0.4, 0.5) is 4.79 Å². The summed E-state index contributed by atoms with van der Waals surface area (Å²) in [5.74, 6) is -1.01. The van der Waals surface area contributed by atoms with E-state index >= 15 is 0 Å². The van der Waals surface area contributed by atoms with E-state index in [1.54, 1.807) is 24.3 Å². The van der Waals surface area contributed by atoms with Crippen LogP contribution in [0.15, 0.2) is 41.3 Å². The van der Waals surface area contributed by atoms with Gasteiger partial charge >= 0.3 is 0 Å². The molecular weight excluding hydrogens is 514 g/mol. The van der Waals surface area contributed by atoms with E-state index in [4.69, 9.17) is 14.2 Å². The molecule has 2 aromatic rings. The topological polar surface area (TPSA) is 132 Å². The third kappa shape index (κ3) is 4.82. The van der Waals surface area contributed by atoms with Crippen molar-refractivity contribution in [1.82, 2.24) is 15.1 Å². The molecule has 2 heterocycles. The highest BCUT2D eigenvalue weighted by atomic mass is 32.2. The number of thioether (sulfide) groups is 1. The summed E-state index contributed by atoms with van der Waals surface area (Å²) in [6.07, 6.45) is 1.54. The molecule has 0 spiro atoms. The lowest BCUT2D eigenvalue weighted by atomic mass is 10.1. The number of ether oxygens (including phenoxy) is 3. The normalized spacial score (nSPS) is 16.7. The van der Waals surface area contributed by atoms with Gasteiger partial charge in [-0.3, -0.25) is 33.8 Å². The number of fused-ring (bicyclic) bond motifs is 1. The Balaban J connectivity index is 1.39. The fraction of sp³-hybridized carbons (Fsp3) is 0.269. The van der Waals surface area contributed by atoms with Crippen LogP contribution < -0.4 is 19.5 Å². The third-order valence-electron chi connectivity index (χ3n) is 6.09. The second-order valence-corrected chi connectivity index (χ2v) is 9.28. The van der Waals surface area contributed by atoms with Crippen molar-refractivity contribution in [2.45, 2.75) is 13.0 Å². The molecule has 4 rings (SSSR count). The largest absolute Gasteiger partial charge is 0.493 e. The second-order valence-electron chi connectivity index (χ2n) is 8.28. The predicted molar refractivity (Wildman–Crippen MR) is 138 cm³/mol. The Bertz CT molecular complexity index is 1310. The number of rotatable bonds is 9. The molecule has 2 aliphatic heterocycles. The van der Waals surface area contributed by atoms with Gasteiger partial charge in [0.25, 0.3) is 23.0 Å². The summed E-state index contributed by atoms with van der Waals surface area (Å²) in [5, 5.41) is 2.11. The van der Waals surface area contributed by atoms with Crippen molar-refractivity contribution in [3.8, 4) is 17.2 Å². The first kappa shape index (κ1) is 26.7. The van der Waals surface area contributed by atoms with E-state index in [2.05, 4.69) is 5.32 Å². The average molecular weight is 540 g/mol. The summed E-state index contributed by atoms with van der Waals surface area (Å²) >= 11 is 0.768. The maximum atomic E-state index is 12.9. The Labute approximate surface area is 222 Å². The fourth-order valence-electron chi connectivity index (χ4n) is 4.14. The summed E-state index contributed by atoms with van der Waals surface area (Å²) in [6, 6.07) is 8.58. The number of benzene rings is 2. The maximum Gasteiger partial charge on any atom is 0.293 e. The molecule has 1 fully saturated rings. The van der Waals surface area contributed by atoms with Crippen LogP contribution in [0.2, 0.25) is 0 Å². The average Bonchev–Trinajstić information content (AvgIpc) is 3.33. The molecule has 0 aromatic heterocycles. The first-order valence-corrected chi connectivity index (χ1v) is 12.3. The Morgan fingerprint density at radius 1 is 0.947 bits per heavy atom. The number of methoxy groups -OCH3 is 3. The van der Waals surface area contributed by atoms with E-state index in [1.807, 2.05) is 0 Å². The first-order valence-electron chi connectivity index (χ1n) is 11.5. The monoisotopic (exact) mass is 539 g/mol. The molecule has 0 saturated carbocycles. The van der Waals surface area contributed by atoms with Gasteiger partial charge in [0, 0.05) is 13.1 Å². The van der Waals surface area contributed by atoms with Crippen LogP contribution in [0.3, 0.4) is 0 Å². The van der Waals surface area contributed by atoms with Crippen molar-refractivity contribution in [3.63, 3.8) is 0 Å². The smallest absolute Gasteiger partial charge is 0.293 e. The third-order valence-corrected chi connectivity index (χ3v) is 6.99. The van der Waals surface area contributed by atoms with Gasteiger partial charge in [-0.1, -0.05) is 12.1 Å². The number of carbonyl (C=O) groups is 5. The van der Waals surface area contributed by atoms with E-state index in [9.17, 15) is 24.0 Å². The number of hydrogen-bond donors (Lipinski definition) is 1. The molecule has 38 heavy (non-hydrogen) atoms. The minimum Gasteiger partial charge on any atom is -0.493 e. The number of amides is 5. The van der Waals surface area contributed by atoms with Gasteiger partial charge in [-0.05, 0) is 54.6 Å². The standard InChI is InChI=1S/C26H25N3O8S/c1-14(29-23(31)16-7-5-6-8-17(16)24(29)32)22(30)27-9-10-28-25(33)20(38-26(28)34)13-15-11-18(35-2)21(37-4)19(12-15)36-3/h5-8,11-14H,9-10H2,1-4H3,(H,27,30)/b20-13+/t14-/m0/s1. The zero-order chi connectivity index (χ0) is 27.6. The van der Waals surface area contributed by atoms with Crippen LogP contribution >= 0.6 is 11.8 Å². The molecule has 1 N–H and O–H groups in total. The SMILES string of the molecule is COc1cc(/C=C2/SC(=O)N(CCNC(=O)[C@H](C)N3C(=O)c4ccccc4C3=O)C2=O)cc(OC)c1OC. The number of hydrogen-bond acceptors (Lipinski definition) is 9. The molecule has 1 atom stereocenters.